The minimum Gasteiger partial charge on any atom is -0.374 e. The molecule has 18 heteroatoms. The predicted octanol–water partition coefficient (Wildman–Crippen LogP) is 4.44. The third-order valence-electron chi connectivity index (χ3n) is 11.2. The molecule has 1 heterocycles. The predicted molar refractivity (Wildman–Crippen MR) is 257 cm³/mol. The summed E-state index contributed by atoms with van der Waals surface area (Å²) in [6.45, 7) is 4.55. The van der Waals surface area contributed by atoms with Gasteiger partial charge in [-0.1, -0.05) is 121 Å². The molecule has 0 aliphatic carbocycles. The van der Waals surface area contributed by atoms with E-state index >= 15 is 0 Å². The Morgan fingerprint density at radius 3 is 1.31 bits per heavy atom. The van der Waals surface area contributed by atoms with Crippen molar-refractivity contribution in [2.24, 2.45) is 0 Å². The van der Waals surface area contributed by atoms with Crippen LogP contribution in [0.1, 0.15) is 81.5 Å². The lowest BCUT2D eigenvalue weighted by molar-refractivity contribution is -0.196. The van der Waals surface area contributed by atoms with E-state index in [0.717, 1.165) is 27.3 Å². The zero-order valence-electron chi connectivity index (χ0n) is 40.1. The van der Waals surface area contributed by atoms with Crippen molar-refractivity contribution in [1.82, 2.24) is 36.5 Å². The first kappa shape index (κ1) is 54.0. The lowest BCUT2D eigenvalue weighted by Gasteiger charge is -2.31. The molecule has 0 bridgehead atoms. The first-order valence-electron chi connectivity index (χ1n) is 23.5. The minimum atomic E-state index is -1.30. The zero-order valence-corrected chi connectivity index (χ0v) is 40.1. The summed E-state index contributed by atoms with van der Waals surface area (Å²) >= 11 is 0. The van der Waals surface area contributed by atoms with Gasteiger partial charge < -0.3 is 26.0 Å². The number of hydrogen-bond donors (Lipinski definition) is 4. The number of nitrogens with one attached hydrogen (secondary N) is 4. The highest BCUT2D eigenvalue weighted by Gasteiger charge is 2.35. The van der Waals surface area contributed by atoms with E-state index in [1.54, 1.807) is 0 Å². The lowest BCUT2D eigenvalue weighted by Crippen LogP contribution is -2.61. The van der Waals surface area contributed by atoms with Gasteiger partial charge >= 0.3 is 0 Å². The number of benzene rings is 4. The molecule has 0 unspecified atom stereocenters. The van der Waals surface area contributed by atoms with Gasteiger partial charge in [0.05, 0.1) is 13.2 Å². The van der Waals surface area contributed by atoms with E-state index in [4.69, 9.17) is 19.2 Å². The average Bonchev–Trinajstić information content (AvgIpc) is 3.35. The minimum absolute atomic E-state index is 0.00763. The molecule has 1 aliphatic heterocycles. The van der Waals surface area contributed by atoms with Crippen molar-refractivity contribution in [2.75, 3.05) is 26.2 Å². The summed E-state index contributed by atoms with van der Waals surface area (Å²) < 4.78 is 6.01. The zero-order chi connectivity index (χ0) is 50.1. The van der Waals surface area contributed by atoms with Crippen LogP contribution in [0.15, 0.2) is 121 Å². The first-order valence-corrected chi connectivity index (χ1v) is 23.5. The molecule has 1 saturated heterocycles. The van der Waals surface area contributed by atoms with Gasteiger partial charge in [0, 0.05) is 40.4 Å². The van der Waals surface area contributed by atoms with Crippen LogP contribution in [-0.4, -0.2) is 107 Å². The number of carbonyl (C=O) groups is 7. The summed E-state index contributed by atoms with van der Waals surface area (Å²) in [5.74, 6) is -3.18. The Morgan fingerprint density at radius 2 is 0.900 bits per heavy atom. The number of carbonyl (C=O) groups excluding carboxylic acids is 7. The van der Waals surface area contributed by atoms with Crippen LogP contribution < -0.4 is 21.3 Å². The van der Waals surface area contributed by atoms with Gasteiger partial charge in [0.1, 0.15) is 44.0 Å². The molecule has 5 rings (SSSR count). The quantitative estimate of drug-likeness (QED) is 0.0559. The number of ether oxygens (including phenoxy) is 1. The Labute approximate surface area is 409 Å². The van der Waals surface area contributed by atoms with E-state index in [1.165, 1.54) is 30.9 Å². The molecule has 0 spiro atoms. The molecule has 374 valence electrons. The fourth-order valence-electron chi connectivity index (χ4n) is 7.45. The van der Waals surface area contributed by atoms with Crippen molar-refractivity contribution in [2.45, 2.75) is 110 Å². The maximum absolute atomic E-state index is 14.6. The molecule has 0 aromatic heterocycles. The number of hydrogen-bond acceptors (Lipinski definition) is 11. The Kier molecular flexibility index (Phi) is 22.5. The highest BCUT2D eigenvalue weighted by atomic mass is 16.7. The third kappa shape index (κ3) is 18.8. The molecule has 4 atom stereocenters. The van der Waals surface area contributed by atoms with Crippen LogP contribution in [0, 0.1) is 0 Å². The molecule has 70 heavy (non-hydrogen) atoms. The van der Waals surface area contributed by atoms with E-state index in [2.05, 4.69) is 21.3 Å². The highest BCUT2D eigenvalue weighted by molar-refractivity contribution is 5.97. The molecular weight excluding hydrogens is 899 g/mol. The van der Waals surface area contributed by atoms with Gasteiger partial charge in [0.15, 0.2) is 0 Å². The van der Waals surface area contributed by atoms with E-state index in [0.29, 0.717) is 6.42 Å². The number of hydroxylamine groups is 6. The third-order valence-corrected chi connectivity index (χ3v) is 11.2. The summed E-state index contributed by atoms with van der Waals surface area (Å²) in [7, 11) is 0. The number of amides is 7. The molecule has 7 amide bonds. The van der Waals surface area contributed by atoms with Crippen LogP contribution in [0.2, 0.25) is 0 Å². The second-order valence-electron chi connectivity index (χ2n) is 16.8. The highest BCUT2D eigenvalue weighted by Crippen LogP contribution is 2.15. The van der Waals surface area contributed by atoms with Crippen molar-refractivity contribution in [3.05, 3.63) is 144 Å². The standard InChI is InChI=1S/C52H65N7O11/c1-38(60)53-45(27-16-30-57(39(2)61)68-34-42-21-10-5-11-22-42)49(63)56-48(37-67-33-41-19-8-4-9-20-41)52(66)59(70-36-44-25-14-7-15-26-44)32-18-29-47-51(65)54-46(50(64)55-47)28-17-31-58(40(3)62)69-35-43-23-12-6-13-24-43/h4-15,19-26,45-48H,16-18,27-37H2,1-3H3,(H,53,60)(H,54,65)(H,55,64)(H,56,63)/t45-,46+,47+,48-/m1/s1. The number of nitrogens with zero attached hydrogens (tertiary/aromatic N) is 3. The fraction of sp³-hybridized carbons (Fsp3) is 0.404. The Balaban J connectivity index is 1.22. The van der Waals surface area contributed by atoms with E-state index in [-0.39, 0.29) is 102 Å². The molecule has 1 fully saturated rings. The number of rotatable bonds is 29. The van der Waals surface area contributed by atoms with Crippen LogP contribution in [0.25, 0.3) is 0 Å². The summed E-state index contributed by atoms with van der Waals surface area (Å²) in [5.41, 5.74) is 3.36. The van der Waals surface area contributed by atoms with Gasteiger partial charge in [0.25, 0.3) is 5.91 Å². The van der Waals surface area contributed by atoms with E-state index in [1.807, 2.05) is 121 Å². The van der Waals surface area contributed by atoms with Gasteiger partial charge in [-0.3, -0.25) is 48.1 Å². The van der Waals surface area contributed by atoms with Crippen LogP contribution in [0.4, 0.5) is 0 Å². The first-order chi connectivity index (χ1) is 33.9. The Morgan fingerprint density at radius 1 is 0.514 bits per heavy atom. The lowest BCUT2D eigenvalue weighted by atomic mass is 10.0. The van der Waals surface area contributed by atoms with Crippen molar-refractivity contribution < 1.29 is 52.8 Å². The van der Waals surface area contributed by atoms with Gasteiger partial charge in [-0.25, -0.2) is 15.2 Å². The Bertz CT molecular complexity index is 2280. The molecule has 4 aromatic rings. The molecule has 0 saturated carbocycles. The van der Waals surface area contributed by atoms with E-state index in [9.17, 15) is 33.6 Å². The monoisotopic (exact) mass is 963 g/mol. The molecule has 1 aliphatic rings. The second-order valence-corrected chi connectivity index (χ2v) is 16.8. The molecule has 18 nitrogen and oxygen atoms in total. The summed E-state index contributed by atoms with van der Waals surface area (Å²) in [6, 6.07) is 33.1. The summed E-state index contributed by atoms with van der Waals surface area (Å²) in [6.07, 6.45) is 1.35. The smallest absolute Gasteiger partial charge is 0.271 e. The molecular formula is C52H65N7O11. The second kappa shape index (κ2) is 29.1. The molecule has 4 N–H and O–H groups in total. The molecule has 0 radical (unpaired) electrons. The average molecular weight is 964 g/mol. The Hall–Kier alpha value is -6.99. The fourth-order valence-corrected chi connectivity index (χ4v) is 7.45. The van der Waals surface area contributed by atoms with Gasteiger partial charge in [0.2, 0.25) is 35.4 Å². The topological polar surface area (TPSA) is 214 Å². The van der Waals surface area contributed by atoms with Crippen LogP contribution in [0.3, 0.4) is 0 Å². The van der Waals surface area contributed by atoms with Gasteiger partial charge in [-0.2, -0.15) is 0 Å². The van der Waals surface area contributed by atoms with Crippen molar-refractivity contribution in [3.8, 4) is 0 Å². The van der Waals surface area contributed by atoms with Crippen LogP contribution >= 0.6 is 0 Å². The summed E-state index contributed by atoms with van der Waals surface area (Å²) in [5, 5.41) is 14.6. The molecule has 4 aromatic carbocycles. The van der Waals surface area contributed by atoms with Crippen molar-refractivity contribution >= 4 is 41.4 Å². The maximum atomic E-state index is 14.6. The van der Waals surface area contributed by atoms with E-state index < -0.39 is 47.8 Å². The normalized spacial score (nSPS) is 15.1. The van der Waals surface area contributed by atoms with Gasteiger partial charge in [-0.15, -0.1) is 0 Å². The maximum Gasteiger partial charge on any atom is 0.271 e. The number of piperazine rings is 1. The van der Waals surface area contributed by atoms with Crippen LogP contribution in [0.5, 0.6) is 0 Å². The van der Waals surface area contributed by atoms with Gasteiger partial charge in [-0.05, 0) is 60.8 Å². The summed E-state index contributed by atoms with van der Waals surface area (Å²) in [4.78, 5) is 110. The largest absolute Gasteiger partial charge is 0.374 e. The van der Waals surface area contributed by atoms with Crippen molar-refractivity contribution in [1.29, 1.82) is 0 Å². The van der Waals surface area contributed by atoms with Crippen molar-refractivity contribution in [3.63, 3.8) is 0 Å². The SMILES string of the molecule is CC(=O)N[C@H](CCCN(OCc1ccccc1)C(C)=O)C(=O)N[C@H](COCc1ccccc1)C(=O)N(CCC[C@@H]1NC(=O)[C@H](CCCN(OCc2ccccc2)C(C)=O)NC1=O)OCc1ccccc1. The van der Waals surface area contributed by atoms with Crippen LogP contribution in [-0.2, 0) is 79.2 Å².